The Balaban J connectivity index is 1.30. The summed E-state index contributed by atoms with van der Waals surface area (Å²) in [7, 11) is 0. The van der Waals surface area contributed by atoms with Gasteiger partial charge in [0.05, 0.1) is 18.4 Å². The fourth-order valence-corrected chi connectivity index (χ4v) is 4.20. The number of hydrogen-bond acceptors (Lipinski definition) is 6. The minimum Gasteiger partial charge on any atom is -0.459 e. The van der Waals surface area contributed by atoms with Gasteiger partial charge in [0.15, 0.2) is 10.9 Å². The van der Waals surface area contributed by atoms with Crippen LogP contribution in [-0.2, 0) is 16.0 Å². The summed E-state index contributed by atoms with van der Waals surface area (Å²) in [5.41, 5.74) is 0.689. The van der Waals surface area contributed by atoms with Crippen molar-refractivity contribution in [1.29, 1.82) is 0 Å². The van der Waals surface area contributed by atoms with E-state index in [9.17, 15) is 14.4 Å². The first kappa shape index (κ1) is 17.7. The largest absolute Gasteiger partial charge is 0.459 e. The molecule has 2 aliphatic rings. The van der Waals surface area contributed by atoms with E-state index in [0.717, 1.165) is 6.42 Å². The van der Waals surface area contributed by atoms with E-state index >= 15 is 0 Å². The molecule has 3 amide bonds. The van der Waals surface area contributed by atoms with Gasteiger partial charge in [-0.15, -0.1) is 11.3 Å². The summed E-state index contributed by atoms with van der Waals surface area (Å²) in [4.78, 5) is 46.2. The highest BCUT2D eigenvalue weighted by Gasteiger charge is 2.27. The van der Waals surface area contributed by atoms with Crippen LogP contribution < -0.4 is 4.90 Å². The van der Waals surface area contributed by atoms with Crippen molar-refractivity contribution in [1.82, 2.24) is 14.8 Å². The van der Waals surface area contributed by atoms with Crippen LogP contribution in [0.5, 0.6) is 0 Å². The second-order valence-electron chi connectivity index (χ2n) is 6.60. The zero-order valence-electron chi connectivity index (χ0n) is 14.8. The minimum atomic E-state index is -0.147. The SMILES string of the molecule is O=C(Cc1csc(N2CCCC2=O)n1)N1CCN(C(=O)c2ccco2)CC1. The van der Waals surface area contributed by atoms with Crippen LogP contribution in [0.25, 0.3) is 0 Å². The van der Waals surface area contributed by atoms with Gasteiger partial charge in [-0.3, -0.25) is 19.3 Å². The molecule has 0 spiro atoms. The molecular weight excluding hydrogens is 368 g/mol. The number of aromatic nitrogens is 1. The number of piperazine rings is 1. The van der Waals surface area contributed by atoms with Crippen LogP contribution in [0.4, 0.5) is 5.13 Å². The molecule has 0 saturated carbocycles. The van der Waals surface area contributed by atoms with Gasteiger partial charge in [0.1, 0.15) is 0 Å². The molecule has 0 N–H and O–H groups in total. The van der Waals surface area contributed by atoms with E-state index in [1.54, 1.807) is 26.8 Å². The lowest BCUT2D eigenvalue weighted by Crippen LogP contribution is -2.50. The molecule has 2 aliphatic heterocycles. The fraction of sp³-hybridized carbons (Fsp3) is 0.444. The molecule has 4 rings (SSSR count). The molecule has 142 valence electrons. The summed E-state index contributed by atoms with van der Waals surface area (Å²) in [5.74, 6) is 0.261. The van der Waals surface area contributed by atoms with Crippen LogP contribution in [0, 0.1) is 0 Å². The lowest BCUT2D eigenvalue weighted by Gasteiger charge is -2.34. The molecule has 27 heavy (non-hydrogen) atoms. The van der Waals surface area contributed by atoms with Crippen molar-refractivity contribution in [2.24, 2.45) is 0 Å². The second-order valence-corrected chi connectivity index (χ2v) is 7.43. The van der Waals surface area contributed by atoms with Crippen molar-refractivity contribution in [3.63, 3.8) is 0 Å². The van der Waals surface area contributed by atoms with E-state index in [4.69, 9.17) is 4.42 Å². The first-order chi connectivity index (χ1) is 13.1. The summed E-state index contributed by atoms with van der Waals surface area (Å²) in [6.45, 7) is 2.65. The Morgan fingerprint density at radius 2 is 1.93 bits per heavy atom. The summed E-state index contributed by atoms with van der Waals surface area (Å²) in [6.07, 6.45) is 3.11. The molecule has 8 nitrogen and oxygen atoms in total. The second kappa shape index (κ2) is 7.51. The van der Waals surface area contributed by atoms with Crippen molar-refractivity contribution in [3.8, 4) is 0 Å². The number of carbonyl (C=O) groups is 3. The van der Waals surface area contributed by atoms with Gasteiger partial charge in [-0.05, 0) is 18.6 Å². The lowest BCUT2D eigenvalue weighted by molar-refractivity contribution is -0.132. The van der Waals surface area contributed by atoms with Gasteiger partial charge in [-0.1, -0.05) is 0 Å². The summed E-state index contributed by atoms with van der Waals surface area (Å²) >= 11 is 1.40. The average Bonchev–Trinajstić information content (AvgIpc) is 3.43. The summed E-state index contributed by atoms with van der Waals surface area (Å²) < 4.78 is 5.15. The molecule has 2 aromatic rings. The van der Waals surface area contributed by atoms with Gasteiger partial charge in [-0.2, -0.15) is 0 Å². The van der Waals surface area contributed by atoms with Crippen molar-refractivity contribution < 1.29 is 18.8 Å². The van der Waals surface area contributed by atoms with E-state index < -0.39 is 0 Å². The third-order valence-corrected chi connectivity index (χ3v) is 5.74. The molecule has 4 heterocycles. The van der Waals surface area contributed by atoms with Gasteiger partial charge in [0, 0.05) is 44.5 Å². The van der Waals surface area contributed by atoms with Gasteiger partial charge in [0.2, 0.25) is 11.8 Å². The van der Waals surface area contributed by atoms with Crippen LogP contribution >= 0.6 is 11.3 Å². The number of nitrogens with zero attached hydrogens (tertiary/aromatic N) is 4. The number of thiazole rings is 1. The van der Waals surface area contributed by atoms with Crippen molar-refractivity contribution in [2.45, 2.75) is 19.3 Å². The van der Waals surface area contributed by atoms with E-state index in [-0.39, 0.29) is 24.1 Å². The van der Waals surface area contributed by atoms with Gasteiger partial charge < -0.3 is 14.2 Å². The Bertz CT molecular complexity index is 839. The molecule has 0 unspecified atom stereocenters. The highest BCUT2D eigenvalue weighted by molar-refractivity contribution is 7.14. The number of furan rings is 1. The van der Waals surface area contributed by atoms with Crippen LogP contribution in [0.3, 0.4) is 0 Å². The predicted octanol–water partition coefficient (Wildman–Crippen LogP) is 1.39. The van der Waals surface area contributed by atoms with E-state index in [2.05, 4.69) is 4.98 Å². The quantitative estimate of drug-likeness (QED) is 0.790. The lowest BCUT2D eigenvalue weighted by atomic mass is 10.2. The maximum absolute atomic E-state index is 12.6. The molecule has 0 bridgehead atoms. The molecular formula is C18H20N4O4S. The number of hydrogen-bond donors (Lipinski definition) is 0. The number of rotatable bonds is 4. The summed E-state index contributed by atoms with van der Waals surface area (Å²) in [6, 6.07) is 3.33. The molecule has 0 aromatic carbocycles. The molecule has 9 heteroatoms. The van der Waals surface area contributed by atoms with Crippen LogP contribution in [0.1, 0.15) is 29.1 Å². The zero-order valence-corrected chi connectivity index (χ0v) is 15.6. The Labute approximate surface area is 160 Å². The smallest absolute Gasteiger partial charge is 0.289 e. The topological polar surface area (TPSA) is 87.0 Å². The maximum Gasteiger partial charge on any atom is 0.289 e. The monoisotopic (exact) mass is 388 g/mol. The van der Waals surface area contributed by atoms with Gasteiger partial charge in [0.25, 0.3) is 5.91 Å². The zero-order chi connectivity index (χ0) is 18.8. The molecule has 2 aromatic heterocycles. The van der Waals surface area contributed by atoms with Crippen LogP contribution in [0.2, 0.25) is 0 Å². The normalized spacial score (nSPS) is 17.6. The Kier molecular flexibility index (Phi) is 4.93. The maximum atomic E-state index is 12.6. The van der Waals surface area contributed by atoms with Crippen molar-refractivity contribution in [2.75, 3.05) is 37.6 Å². The highest BCUT2D eigenvalue weighted by Crippen LogP contribution is 2.25. The Morgan fingerprint density at radius 3 is 2.59 bits per heavy atom. The number of carbonyl (C=O) groups excluding carboxylic acids is 3. The van der Waals surface area contributed by atoms with Crippen LogP contribution in [0.15, 0.2) is 28.2 Å². The fourth-order valence-electron chi connectivity index (χ4n) is 3.33. The van der Waals surface area contributed by atoms with E-state index in [1.807, 2.05) is 5.38 Å². The van der Waals surface area contributed by atoms with Crippen molar-refractivity contribution >= 4 is 34.2 Å². The van der Waals surface area contributed by atoms with Gasteiger partial charge in [-0.25, -0.2) is 4.98 Å². The molecule has 2 saturated heterocycles. The molecule has 0 aliphatic carbocycles. The first-order valence-electron chi connectivity index (χ1n) is 8.97. The minimum absolute atomic E-state index is 0.00954. The third kappa shape index (κ3) is 3.73. The highest BCUT2D eigenvalue weighted by atomic mass is 32.1. The Hall–Kier alpha value is -2.68. The first-order valence-corrected chi connectivity index (χ1v) is 9.85. The molecule has 2 fully saturated rings. The Morgan fingerprint density at radius 1 is 1.15 bits per heavy atom. The average molecular weight is 388 g/mol. The summed E-state index contributed by atoms with van der Waals surface area (Å²) in [5, 5.41) is 2.52. The van der Waals surface area contributed by atoms with E-state index in [0.29, 0.717) is 55.7 Å². The van der Waals surface area contributed by atoms with E-state index in [1.165, 1.54) is 17.6 Å². The van der Waals surface area contributed by atoms with Crippen LogP contribution in [-0.4, -0.2) is 65.2 Å². The predicted molar refractivity (Wildman–Crippen MR) is 98.6 cm³/mol. The number of anilines is 1. The third-order valence-electron chi connectivity index (χ3n) is 4.83. The van der Waals surface area contributed by atoms with Gasteiger partial charge >= 0.3 is 0 Å². The van der Waals surface area contributed by atoms with Crippen molar-refractivity contribution in [3.05, 3.63) is 35.2 Å². The number of amides is 3. The molecule has 0 radical (unpaired) electrons. The standard InChI is InChI=1S/C18H20N4O4S/c23-15-4-1-5-22(15)18-19-13(12-27-18)11-16(24)20-6-8-21(9-7-20)17(25)14-3-2-10-26-14/h2-3,10,12H,1,4-9,11H2. The molecule has 0 atom stereocenters.